The van der Waals surface area contributed by atoms with Crippen LogP contribution in [0.1, 0.15) is 46.3 Å². The number of likely N-dealkylation sites (tertiary alicyclic amines) is 1. The molecule has 6 heteroatoms. The number of amides is 1. The Bertz CT molecular complexity index is 1070. The van der Waals surface area contributed by atoms with E-state index in [9.17, 15) is 9.59 Å². The lowest BCUT2D eigenvalue weighted by molar-refractivity contribution is 0.0693. The summed E-state index contributed by atoms with van der Waals surface area (Å²) in [6, 6.07) is 10.0. The van der Waals surface area contributed by atoms with Crippen molar-refractivity contribution >= 4 is 16.9 Å². The minimum atomic E-state index is -0.311. The highest BCUT2D eigenvalue weighted by atomic mass is 16.2. The maximum atomic E-state index is 12.7. The van der Waals surface area contributed by atoms with Gasteiger partial charge in [-0.2, -0.15) is 0 Å². The molecule has 0 spiro atoms. The van der Waals surface area contributed by atoms with E-state index in [1.54, 1.807) is 24.0 Å². The monoisotopic (exact) mass is 364 g/mol. The molecule has 27 heavy (non-hydrogen) atoms. The smallest absolute Gasteiger partial charge is 0.260 e. The van der Waals surface area contributed by atoms with Crippen LogP contribution < -0.4 is 5.56 Å². The standard InChI is InChI=1S/C21H24N4O2/c1-13-4-7-18-19(12-13)25(15(3)23-18)16-8-10-24(11-9-16)21(27)17-6-5-14(2)22-20(17)26/h4-7,12,16H,8-11H2,1-3H3,(H,22,26). The molecular weight excluding hydrogens is 340 g/mol. The molecular formula is C21H24N4O2. The van der Waals surface area contributed by atoms with Crippen LogP contribution in [-0.4, -0.2) is 38.4 Å². The molecule has 3 aromatic rings. The Morgan fingerprint density at radius 3 is 2.56 bits per heavy atom. The predicted molar refractivity (Wildman–Crippen MR) is 105 cm³/mol. The minimum Gasteiger partial charge on any atom is -0.338 e. The van der Waals surface area contributed by atoms with Gasteiger partial charge in [-0.1, -0.05) is 6.07 Å². The fraction of sp³-hybridized carbons (Fsp3) is 0.381. The molecule has 1 fully saturated rings. The number of fused-ring (bicyclic) bond motifs is 1. The molecule has 1 N–H and O–H groups in total. The van der Waals surface area contributed by atoms with Crippen LogP contribution in [0.2, 0.25) is 0 Å². The summed E-state index contributed by atoms with van der Waals surface area (Å²) in [5.41, 5.74) is 4.06. The van der Waals surface area contributed by atoms with Crippen LogP contribution in [0.25, 0.3) is 11.0 Å². The van der Waals surface area contributed by atoms with E-state index in [1.165, 1.54) is 5.56 Å². The van der Waals surface area contributed by atoms with Crippen LogP contribution in [0.5, 0.6) is 0 Å². The highest BCUT2D eigenvalue weighted by molar-refractivity contribution is 5.93. The summed E-state index contributed by atoms with van der Waals surface area (Å²) in [7, 11) is 0. The van der Waals surface area contributed by atoms with Gasteiger partial charge in [0.1, 0.15) is 11.4 Å². The van der Waals surface area contributed by atoms with Crippen molar-refractivity contribution in [2.75, 3.05) is 13.1 Å². The molecule has 0 saturated carbocycles. The Morgan fingerprint density at radius 1 is 1.11 bits per heavy atom. The minimum absolute atomic E-state index is 0.183. The fourth-order valence-electron chi connectivity index (χ4n) is 4.02. The SMILES string of the molecule is Cc1ccc2nc(C)n(C3CCN(C(=O)c4ccc(C)[nH]c4=O)CC3)c2c1. The van der Waals surface area contributed by atoms with Crippen molar-refractivity contribution in [1.82, 2.24) is 19.4 Å². The first-order valence-electron chi connectivity index (χ1n) is 9.38. The number of benzene rings is 1. The number of aryl methyl sites for hydroxylation is 3. The van der Waals surface area contributed by atoms with Gasteiger partial charge in [0.2, 0.25) is 0 Å². The third kappa shape index (κ3) is 3.16. The number of carbonyl (C=O) groups is 1. The van der Waals surface area contributed by atoms with Crippen molar-refractivity contribution in [1.29, 1.82) is 0 Å². The molecule has 2 aromatic heterocycles. The lowest BCUT2D eigenvalue weighted by Gasteiger charge is -2.33. The number of H-pyrrole nitrogens is 1. The first kappa shape index (κ1) is 17.5. The zero-order valence-electron chi connectivity index (χ0n) is 16.0. The molecule has 0 atom stereocenters. The zero-order chi connectivity index (χ0) is 19.1. The normalized spacial score (nSPS) is 15.4. The molecule has 1 aromatic carbocycles. The quantitative estimate of drug-likeness (QED) is 0.759. The second-order valence-corrected chi connectivity index (χ2v) is 7.43. The van der Waals surface area contributed by atoms with Gasteiger partial charge in [-0.05, 0) is 63.4 Å². The molecule has 0 aliphatic carbocycles. The molecule has 140 valence electrons. The number of piperidine rings is 1. The summed E-state index contributed by atoms with van der Waals surface area (Å²) in [4.78, 5) is 34.0. The second-order valence-electron chi connectivity index (χ2n) is 7.43. The summed E-state index contributed by atoms with van der Waals surface area (Å²) in [5.74, 6) is 0.827. The molecule has 1 aliphatic rings. The lowest BCUT2D eigenvalue weighted by Crippen LogP contribution is -2.41. The average molecular weight is 364 g/mol. The Hall–Kier alpha value is -2.89. The van der Waals surface area contributed by atoms with Crippen molar-refractivity contribution in [2.24, 2.45) is 0 Å². The molecule has 1 amide bonds. The van der Waals surface area contributed by atoms with Crippen molar-refractivity contribution in [3.05, 3.63) is 63.3 Å². The maximum absolute atomic E-state index is 12.7. The van der Waals surface area contributed by atoms with Gasteiger partial charge in [0.05, 0.1) is 11.0 Å². The topological polar surface area (TPSA) is 71.0 Å². The van der Waals surface area contributed by atoms with E-state index >= 15 is 0 Å². The van der Waals surface area contributed by atoms with Gasteiger partial charge in [0.15, 0.2) is 0 Å². The third-order valence-corrected chi connectivity index (χ3v) is 5.42. The van der Waals surface area contributed by atoms with E-state index in [1.807, 2.05) is 6.92 Å². The number of aromatic nitrogens is 3. The molecule has 3 heterocycles. The number of rotatable bonds is 2. The number of nitrogens with zero attached hydrogens (tertiary/aromatic N) is 3. The largest absolute Gasteiger partial charge is 0.338 e. The summed E-state index contributed by atoms with van der Waals surface area (Å²) in [5, 5.41) is 0. The maximum Gasteiger partial charge on any atom is 0.260 e. The number of nitrogens with one attached hydrogen (secondary N) is 1. The Labute approximate surface area is 157 Å². The van der Waals surface area contributed by atoms with Crippen LogP contribution >= 0.6 is 0 Å². The van der Waals surface area contributed by atoms with Crippen molar-refractivity contribution in [2.45, 2.75) is 39.7 Å². The number of hydrogen-bond acceptors (Lipinski definition) is 3. The first-order valence-corrected chi connectivity index (χ1v) is 9.38. The van der Waals surface area contributed by atoms with Crippen LogP contribution in [-0.2, 0) is 0 Å². The number of hydrogen-bond donors (Lipinski definition) is 1. The highest BCUT2D eigenvalue weighted by Gasteiger charge is 2.27. The van der Waals surface area contributed by atoms with E-state index in [2.05, 4.69) is 39.7 Å². The van der Waals surface area contributed by atoms with Gasteiger partial charge in [-0.15, -0.1) is 0 Å². The summed E-state index contributed by atoms with van der Waals surface area (Å²) >= 11 is 0. The number of pyridine rings is 1. The summed E-state index contributed by atoms with van der Waals surface area (Å²) < 4.78 is 2.31. The Balaban J connectivity index is 1.54. The van der Waals surface area contributed by atoms with Crippen molar-refractivity contribution in [3.63, 3.8) is 0 Å². The van der Waals surface area contributed by atoms with Crippen molar-refractivity contribution < 1.29 is 4.79 Å². The van der Waals surface area contributed by atoms with Gasteiger partial charge in [0.25, 0.3) is 11.5 Å². The number of imidazole rings is 1. The molecule has 4 rings (SSSR count). The van der Waals surface area contributed by atoms with E-state index in [0.29, 0.717) is 19.1 Å². The fourth-order valence-corrected chi connectivity index (χ4v) is 4.02. The average Bonchev–Trinajstić information content (AvgIpc) is 2.96. The first-order chi connectivity index (χ1) is 12.9. The molecule has 0 unspecified atom stereocenters. The molecule has 0 bridgehead atoms. The van der Waals surface area contributed by atoms with Gasteiger partial charge in [-0.25, -0.2) is 4.98 Å². The zero-order valence-corrected chi connectivity index (χ0v) is 16.0. The highest BCUT2D eigenvalue weighted by Crippen LogP contribution is 2.29. The summed E-state index contributed by atoms with van der Waals surface area (Å²) in [6.07, 6.45) is 1.71. The van der Waals surface area contributed by atoms with E-state index in [-0.39, 0.29) is 17.0 Å². The number of carbonyl (C=O) groups excluding carboxylic acids is 1. The third-order valence-electron chi connectivity index (χ3n) is 5.42. The van der Waals surface area contributed by atoms with Gasteiger partial charge >= 0.3 is 0 Å². The molecule has 6 nitrogen and oxygen atoms in total. The van der Waals surface area contributed by atoms with Gasteiger partial charge in [0, 0.05) is 24.8 Å². The van der Waals surface area contributed by atoms with E-state index in [0.717, 1.165) is 35.4 Å². The predicted octanol–water partition coefficient (Wildman–Crippen LogP) is 3.13. The van der Waals surface area contributed by atoms with E-state index < -0.39 is 0 Å². The van der Waals surface area contributed by atoms with Crippen molar-refractivity contribution in [3.8, 4) is 0 Å². The van der Waals surface area contributed by atoms with Gasteiger partial charge in [-0.3, -0.25) is 9.59 Å². The van der Waals surface area contributed by atoms with Crippen LogP contribution in [0.4, 0.5) is 0 Å². The second kappa shape index (κ2) is 6.68. The molecule has 1 aliphatic heterocycles. The van der Waals surface area contributed by atoms with Crippen LogP contribution in [0, 0.1) is 20.8 Å². The molecule has 0 radical (unpaired) electrons. The van der Waals surface area contributed by atoms with E-state index in [4.69, 9.17) is 0 Å². The molecule has 1 saturated heterocycles. The summed E-state index contributed by atoms with van der Waals surface area (Å²) in [6.45, 7) is 7.22. The Morgan fingerprint density at radius 2 is 1.85 bits per heavy atom. The lowest BCUT2D eigenvalue weighted by atomic mass is 10.0. The number of aromatic amines is 1. The van der Waals surface area contributed by atoms with Gasteiger partial charge < -0.3 is 14.5 Å². The van der Waals surface area contributed by atoms with Crippen LogP contribution in [0.15, 0.2) is 35.1 Å². The van der Waals surface area contributed by atoms with Crippen LogP contribution in [0.3, 0.4) is 0 Å². The Kier molecular flexibility index (Phi) is 4.34.